The Kier molecular flexibility index (Phi) is 5.40. The molecule has 3 heterocycles. The van der Waals surface area contributed by atoms with Crippen LogP contribution >= 0.6 is 11.6 Å². The third-order valence-electron chi connectivity index (χ3n) is 4.66. The number of benzene rings is 1. The lowest BCUT2D eigenvalue weighted by Gasteiger charge is -2.25. The molecule has 1 amide bonds. The quantitative estimate of drug-likeness (QED) is 0.684. The van der Waals surface area contributed by atoms with Gasteiger partial charge in [0.1, 0.15) is 0 Å². The topological polar surface area (TPSA) is 89.1 Å². The van der Waals surface area contributed by atoms with Crippen molar-refractivity contribution >= 4 is 17.5 Å². The average molecular weight is 401 g/mol. The number of carbonyl (C=O) groups is 1. The Morgan fingerprint density at radius 1 is 1.32 bits per heavy atom. The molecule has 0 unspecified atom stereocenters. The number of amides is 1. The van der Waals surface area contributed by atoms with Crippen molar-refractivity contribution in [2.24, 2.45) is 0 Å². The molecule has 0 saturated carbocycles. The number of rotatable bonds is 6. The van der Waals surface area contributed by atoms with Crippen molar-refractivity contribution < 1.29 is 9.32 Å². The van der Waals surface area contributed by atoms with Crippen LogP contribution in [0.5, 0.6) is 0 Å². The molecule has 9 heteroatoms. The molecule has 0 bridgehead atoms. The summed E-state index contributed by atoms with van der Waals surface area (Å²) in [6, 6.07) is 9.47. The van der Waals surface area contributed by atoms with E-state index >= 15 is 0 Å². The number of fused-ring (bicyclic) bond motifs is 1. The monoisotopic (exact) mass is 400 g/mol. The normalized spacial score (nSPS) is 14.1. The van der Waals surface area contributed by atoms with E-state index in [1.165, 1.54) is 0 Å². The summed E-state index contributed by atoms with van der Waals surface area (Å²) in [5.41, 5.74) is 2.74. The number of hydrogen-bond acceptors (Lipinski definition) is 6. The third-order valence-corrected chi connectivity index (χ3v) is 4.99. The summed E-state index contributed by atoms with van der Waals surface area (Å²) >= 11 is 6.20. The molecule has 0 spiro atoms. The molecule has 2 aromatic heterocycles. The standard InChI is InChI=1S/C19H21ClN6O2/c1-2-17(27)21-10-13-9-14-11-25(7-8-26(14)23-13)12-18-22-19(24-28-18)15-5-3-4-6-16(15)20/h3-6,9H,2,7-8,10-12H2,1H3,(H,21,27). The Balaban J connectivity index is 1.39. The highest BCUT2D eigenvalue weighted by molar-refractivity contribution is 6.33. The van der Waals surface area contributed by atoms with Gasteiger partial charge in [0.25, 0.3) is 0 Å². The van der Waals surface area contributed by atoms with Gasteiger partial charge in [0.05, 0.1) is 36.0 Å². The second-order valence-corrected chi connectivity index (χ2v) is 7.09. The Morgan fingerprint density at radius 3 is 3.00 bits per heavy atom. The fourth-order valence-corrected chi connectivity index (χ4v) is 3.40. The minimum absolute atomic E-state index is 0.0262. The van der Waals surface area contributed by atoms with E-state index in [1.807, 2.05) is 35.9 Å². The summed E-state index contributed by atoms with van der Waals surface area (Å²) in [7, 11) is 0. The van der Waals surface area contributed by atoms with Crippen LogP contribution in [0.15, 0.2) is 34.9 Å². The van der Waals surface area contributed by atoms with Crippen LogP contribution in [0.25, 0.3) is 11.4 Å². The number of aromatic nitrogens is 4. The number of nitrogens with one attached hydrogen (secondary N) is 1. The Labute approximate surface area is 167 Å². The first-order valence-corrected chi connectivity index (χ1v) is 9.62. The van der Waals surface area contributed by atoms with Gasteiger partial charge in [-0.1, -0.05) is 35.8 Å². The predicted octanol–water partition coefficient (Wildman–Crippen LogP) is 2.63. The van der Waals surface area contributed by atoms with Crippen molar-refractivity contribution in [3.63, 3.8) is 0 Å². The summed E-state index contributed by atoms with van der Waals surface area (Å²) in [5, 5.41) is 12.1. The van der Waals surface area contributed by atoms with Crippen LogP contribution in [0.1, 0.15) is 30.6 Å². The molecule has 1 aliphatic rings. The van der Waals surface area contributed by atoms with Crippen molar-refractivity contribution in [1.29, 1.82) is 0 Å². The van der Waals surface area contributed by atoms with Gasteiger partial charge in [-0.2, -0.15) is 10.1 Å². The van der Waals surface area contributed by atoms with Crippen molar-refractivity contribution in [2.45, 2.75) is 39.5 Å². The molecular formula is C19H21ClN6O2. The highest BCUT2D eigenvalue weighted by Crippen LogP contribution is 2.25. The molecule has 0 fully saturated rings. The van der Waals surface area contributed by atoms with Crippen LogP contribution in [-0.4, -0.2) is 37.3 Å². The molecular weight excluding hydrogens is 380 g/mol. The van der Waals surface area contributed by atoms with Gasteiger partial charge in [0, 0.05) is 25.1 Å². The van der Waals surface area contributed by atoms with Crippen molar-refractivity contribution in [2.75, 3.05) is 6.54 Å². The first kappa shape index (κ1) is 18.6. The minimum atomic E-state index is 0.0262. The lowest BCUT2D eigenvalue weighted by molar-refractivity contribution is -0.120. The number of carbonyl (C=O) groups excluding carboxylic acids is 1. The Bertz CT molecular complexity index is 982. The summed E-state index contributed by atoms with van der Waals surface area (Å²) in [4.78, 5) is 18.1. The van der Waals surface area contributed by atoms with E-state index in [0.29, 0.717) is 36.2 Å². The van der Waals surface area contributed by atoms with Crippen LogP contribution in [0, 0.1) is 0 Å². The highest BCUT2D eigenvalue weighted by atomic mass is 35.5. The molecule has 3 aromatic rings. The van der Waals surface area contributed by atoms with Gasteiger partial charge in [-0.3, -0.25) is 14.4 Å². The van der Waals surface area contributed by atoms with Crippen LogP contribution < -0.4 is 5.32 Å². The van der Waals surface area contributed by atoms with Gasteiger partial charge in [0.15, 0.2) is 0 Å². The first-order valence-electron chi connectivity index (χ1n) is 9.24. The van der Waals surface area contributed by atoms with Crippen molar-refractivity contribution in [1.82, 2.24) is 30.1 Å². The van der Waals surface area contributed by atoms with Crippen molar-refractivity contribution in [3.05, 3.63) is 52.6 Å². The second-order valence-electron chi connectivity index (χ2n) is 6.68. The van der Waals surface area contributed by atoms with E-state index < -0.39 is 0 Å². The van der Waals surface area contributed by atoms with E-state index in [-0.39, 0.29) is 5.91 Å². The molecule has 28 heavy (non-hydrogen) atoms. The first-order chi connectivity index (χ1) is 13.6. The van der Waals surface area contributed by atoms with E-state index in [0.717, 1.165) is 36.6 Å². The molecule has 1 aromatic carbocycles. The maximum atomic E-state index is 11.4. The van der Waals surface area contributed by atoms with Gasteiger partial charge in [-0.25, -0.2) is 0 Å². The lowest BCUT2D eigenvalue weighted by atomic mass is 10.2. The second kappa shape index (κ2) is 8.12. The third kappa shape index (κ3) is 4.07. The Morgan fingerprint density at radius 2 is 2.18 bits per heavy atom. The molecule has 8 nitrogen and oxygen atoms in total. The number of halogens is 1. The molecule has 0 atom stereocenters. The SMILES string of the molecule is CCC(=O)NCc1cc2n(n1)CCN(Cc1nc(-c3ccccc3Cl)no1)C2. The van der Waals surface area contributed by atoms with Crippen LogP contribution in [0.2, 0.25) is 5.02 Å². The maximum Gasteiger partial charge on any atom is 0.241 e. The zero-order valence-electron chi connectivity index (χ0n) is 15.6. The molecule has 4 rings (SSSR count). The number of nitrogens with zero attached hydrogens (tertiary/aromatic N) is 5. The van der Waals surface area contributed by atoms with Gasteiger partial charge < -0.3 is 9.84 Å². The Hall–Kier alpha value is -2.71. The lowest BCUT2D eigenvalue weighted by Crippen LogP contribution is -2.33. The van der Waals surface area contributed by atoms with E-state index in [4.69, 9.17) is 16.1 Å². The van der Waals surface area contributed by atoms with Crippen LogP contribution in [-0.2, 0) is 31.0 Å². The molecule has 146 valence electrons. The summed E-state index contributed by atoms with van der Waals surface area (Å²) in [6.07, 6.45) is 0.474. The summed E-state index contributed by atoms with van der Waals surface area (Å²) < 4.78 is 7.41. The van der Waals surface area contributed by atoms with Gasteiger partial charge in [-0.05, 0) is 18.2 Å². The zero-order chi connectivity index (χ0) is 19.5. The molecule has 1 aliphatic heterocycles. The zero-order valence-corrected chi connectivity index (χ0v) is 16.3. The maximum absolute atomic E-state index is 11.4. The van der Waals surface area contributed by atoms with Gasteiger partial charge in [0.2, 0.25) is 17.6 Å². The highest BCUT2D eigenvalue weighted by Gasteiger charge is 2.21. The summed E-state index contributed by atoms with van der Waals surface area (Å²) in [6.45, 7) is 5.20. The van der Waals surface area contributed by atoms with Crippen LogP contribution in [0.4, 0.5) is 0 Å². The molecule has 0 radical (unpaired) electrons. The fourth-order valence-electron chi connectivity index (χ4n) is 3.18. The number of hydrogen-bond donors (Lipinski definition) is 1. The van der Waals surface area contributed by atoms with Crippen molar-refractivity contribution in [3.8, 4) is 11.4 Å². The molecule has 1 N–H and O–H groups in total. The fraction of sp³-hybridized carbons (Fsp3) is 0.368. The van der Waals surface area contributed by atoms with E-state index in [9.17, 15) is 4.79 Å². The predicted molar refractivity (Wildman–Crippen MR) is 103 cm³/mol. The minimum Gasteiger partial charge on any atom is -0.350 e. The van der Waals surface area contributed by atoms with Crippen LogP contribution in [0.3, 0.4) is 0 Å². The van der Waals surface area contributed by atoms with E-state index in [2.05, 4.69) is 25.5 Å². The van der Waals surface area contributed by atoms with Gasteiger partial charge in [-0.15, -0.1) is 0 Å². The molecule has 0 saturated heterocycles. The van der Waals surface area contributed by atoms with E-state index in [1.54, 1.807) is 6.07 Å². The van der Waals surface area contributed by atoms with Gasteiger partial charge >= 0.3 is 0 Å². The summed E-state index contributed by atoms with van der Waals surface area (Å²) in [5.74, 6) is 1.08. The molecule has 0 aliphatic carbocycles. The largest absolute Gasteiger partial charge is 0.350 e. The smallest absolute Gasteiger partial charge is 0.241 e. The average Bonchev–Trinajstić information content (AvgIpc) is 3.32.